The van der Waals surface area contributed by atoms with Gasteiger partial charge < -0.3 is 5.32 Å². The monoisotopic (exact) mass is 284 g/mol. The van der Waals surface area contributed by atoms with Crippen LogP contribution < -0.4 is 5.32 Å². The summed E-state index contributed by atoms with van der Waals surface area (Å²) < 4.78 is 1.80. The van der Waals surface area contributed by atoms with E-state index >= 15 is 0 Å². The van der Waals surface area contributed by atoms with Gasteiger partial charge in [-0.1, -0.05) is 30.3 Å². The van der Waals surface area contributed by atoms with E-state index in [0.717, 1.165) is 22.8 Å². The number of hydrogen-bond acceptors (Lipinski definition) is 4. The number of aryl methyl sites for hydroxylation is 1. The Bertz CT molecular complexity index is 700. The molecule has 0 bridgehead atoms. The van der Waals surface area contributed by atoms with Crippen molar-refractivity contribution in [3.63, 3.8) is 0 Å². The summed E-state index contributed by atoms with van der Waals surface area (Å²) >= 11 is 1.71. The molecule has 102 valence electrons. The van der Waals surface area contributed by atoms with Gasteiger partial charge in [0, 0.05) is 25.4 Å². The second-order valence-corrected chi connectivity index (χ2v) is 5.59. The van der Waals surface area contributed by atoms with Gasteiger partial charge in [0.2, 0.25) is 0 Å². The first-order valence-electron chi connectivity index (χ1n) is 6.46. The Kier molecular flexibility index (Phi) is 3.62. The second kappa shape index (κ2) is 5.56. The number of nitrogens with zero attached hydrogens (tertiary/aromatic N) is 3. The highest BCUT2D eigenvalue weighted by atomic mass is 32.1. The van der Waals surface area contributed by atoms with Crippen LogP contribution >= 0.6 is 11.3 Å². The number of benzene rings is 1. The zero-order chi connectivity index (χ0) is 13.9. The Morgan fingerprint density at radius 3 is 2.65 bits per heavy atom. The minimum absolute atomic E-state index is 0.765. The van der Waals surface area contributed by atoms with E-state index in [0.29, 0.717) is 0 Å². The minimum Gasteiger partial charge on any atom is -0.314 e. The molecule has 1 aromatic carbocycles. The van der Waals surface area contributed by atoms with Crippen LogP contribution in [0.25, 0.3) is 21.0 Å². The zero-order valence-corrected chi connectivity index (χ0v) is 12.3. The second-order valence-electron chi connectivity index (χ2n) is 4.59. The van der Waals surface area contributed by atoms with Gasteiger partial charge in [0.05, 0.1) is 16.8 Å². The van der Waals surface area contributed by atoms with Crippen LogP contribution in [0.15, 0.2) is 42.7 Å². The molecule has 0 aliphatic carbocycles. The third-order valence-electron chi connectivity index (χ3n) is 3.03. The smallest absolute Gasteiger partial charge is 0.127 e. The topological polar surface area (TPSA) is 42.7 Å². The summed E-state index contributed by atoms with van der Waals surface area (Å²) in [6.07, 6.45) is 3.85. The Hall–Kier alpha value is -1.98. The standard InChI is InChI=1S/C15H16N4S/c1-16-9-13-14(11-6-4-3-5-7-11)20-15(18-13)12-8-17-19(2)10-12/h3-8,10,16H,9H2,1-2H3. The first kappa shape index (κ1) is 13.0. The largest absolute Gasteiger partial charge is 0.314 e. The molecule has 3 aromatic rings. The molecule has 1 N–H and O–H groups in total. The summed E-state index contributed by atoms with van der Waals surface area (Å²) in [7, 11) is 3.86. The molecular weight excluding hydrogens is 268 g/mol. The van der Waals surface area contributed by atoms with E-state index in [1.807, 2.05) is 32.6 Å². The fraction of sp³-hybridized carbons (Fsp3) is 0.200. The molecule has 0 aliphatic heterocycles. The summed E-state index contributed by atoms with van der Waals surface area (Å²) in [6.45, 7) is 0.765. The molecule has 0 saturated carbocycles. The molecule has 0 unspecified atom stereocenters. The molecule has 4 nitrogen and oxygen atoms in total. The van der Waals surface area contributed by atoms with Gasteiger partial charge in [0.1, 0.15) is 5.01 Å². The maximum atomic E-state index is 4.76. The number of thiazole rings is 1. The van der Waals surface area contributed by atoms with E-state index in [1.165, 1.54) is 10.4 Å². The predicted molar refractivity (Wildman–Crippen MR) is 82.5 cm³/mol. The number of rotatable bonds is 4. The maximum Gasteiger partial charge on any atom is 0.127 e. The van der Waals surface area contributed by atoms with Gasteiger partial charge in [-0.3, -0.25) is 4.68 Å². The average Bonchev–Trinajstić information content (AvgIpc) is 3.07. The molecule has 0 spiro atoms. The minimum atomic E-state index is 0.765. The van der Waals surface area contributed by atoms with Crippen molar-refractivity contribution in [1.29, 1.82) is 0 Å². The summed E-state index contributed by atoms with van der Waals surface area (Å²) in [5.41, 5.74) is 3.37. The third kappa shape index (κ3) is 2.50. The highest BCUT2D eigenvalue weighted by Gasteiger charge is 2.14. The van der Waals surface area contributed by atoms with Crippen LogP contribution in [-0.4, -0.2) is 21.8 Å². The molecule has 0 saturated heterocycles. The lowest BCUT2D eigenvalue weighted by molar-refractivity contribution is 0.768. The van der Waals surface area contributed by atoms with Gasteiger partial charge in [-0.05, 0) is 12.6 Å². The number of nitrogens with one attached hydrogen (secondary N) is 1. The van der Waals surface area contributed by atoms with Crippen LogP contribution in [-0.2, 0) is 13.6 Å². The first-order chi connectivity index (χ1) is 9.78. The van der Waals surface area contributed by atoms with Crippen molar-refractivity contribution in [2.75, 3.05) is 7.05 Å². The van der Waals surface area contributed by atoms with Gasteiger partial charge in [-0.25, -0.2) is 4.98 Å². The van der Waals surface area contributed by atoms with E-state index in [-0.39, 0.29) is 0 Å². The molecule has 2 heterocycles. The fourth-order valence-corrected chi connectivity index (χ4v) is 3.17. The summed E-state index contributed by atoms with van der Waals surface area (Å²) in [6, 6.07) is 10.4. The van der Waals surface area contributed by atoms with Crippen LogP contribution in [0, 0.1) is 0 Å². The maximum absolute atomic E-state index is 4.76. The van der Waals surface area contributed by atoms with E-state index in [9.17, 15) is 0 Å². The molecule has 3 rings (SSSR count). The number of aromatic nitrogens is 3. The van der Waals surface area contributed by atoms with Crippen molar-refractivity contribution in [3.8, 4) is 21.0 Å². The molecule has 0 radical (unpaired) electrons. The SMILES string of the molecule is CNCc1nc(-c2cnn(C)c2)sc1-c1ccccc1. The lowest BCUT2D eigenvalue weighted by Crippen LogP contribution is -2.06. The molecule has 5 heteroatoms. The lowest BCUT2D eigenvalue weighted by atomic mass is 10.1. The van der Waals surface area contributed by atoms with E-state index in [4.69, 9.17) is 4.98 Å². The Morgan fingerprint density at radius 1 is 1.20 bits per heavy atom. The van der Waals surface area contributed by atoms with Crippen LogP contribution in [0.1, 0.15) is 5.69 Å². The van der Waals surface area contributed by atoms with Crippen LogP contribution in [0.5, 0.6) is 0 Å². The van der Waals surface area contributed by atoms with Gasteiger partial charge in [-0.2, -0.15) is 5.10 Å². The molecule has 0 fully saturated rings. The van der Waals surface area contributed by atoms with Crippen LogP contribution in [0.4, 0.5) is 0 Å². The highest BCUT2D eigenvalue weighted by Crippen LogP contribution is 2.35. The zero-order valence-electron chi connectivity index (χ0n) is 11.5. The summed E-state index contributed by atoms with van der Waals surface area (Å²) in [5, 5.41) is 8.42. The normalized spacial score (nSPS) is 10.9. The van der Waals surface area contributed by atoms with Crippen molar-refractivity contribution < 1.29 is 0 Å². The van der Waals surface area contributed by atoms with E-state index in [2.05, 4.69) is 34.7 Å². The van der Waals surface area contributed by atoms with Gasteiger partial charge in [-0.15, -0.1) is 11.3 Å². The first-order valence-corrected chi connectivity index (χ1v) is 7.28. The Balaban J connectivity index is 2.07. The molecule has 0 aliphatic rings. The van der Waals surface area contributed by atoms with E-state index < -0.39 is 0 Å². The predicted octanol–water partition coefficient (Wildman–Crippen LogP) is 2.93. The van der Waals surface area contributed by atoms with Crippen molar-refractivity contribution in [1.82, 2.24) is 20.1 Å². The van der Waals surface area contributed by atoms with Gasteiger partial charge in [0.25, 0.3) is 0 Å². The average molecular weight is 284 g/mol. The van der Waals surface area contributed by atoms with Crippen LogP contribution in [0.2, 0.25) is 0 Å². The summed E-state index contributed by atoms with van der Waals surface area (Å²) in [5.74, 6) is 0. The van der Waals surface area contributed by atoms with Crippen LogP contribution in [0.3, 0.4) is 0 Å². The molecular formula is C15H16N4S. The van der Waals surface area contributed by atoms with Gasteiger partial charge >= 0.3 is 0 Å². The van der Waals surface area contributed by atoms with E-state index in [1.54, 1.807) is 16.0 Å². The lowest BCUT2D eigenvalue weighted by Gasteiger charge is -2.00. The molecule has 2 aromatic heterocycles. The summed E-state index contributed by atoms with van der Waals surface area (Å²) in [4.78, 5) is 5.98. The Morgan fingerprint density at radius 2 is 2.00 bits per heavy atom. The quantitative estimate of drug-likeness (QED) is 0.801. The van der Waals surface area contributed by atoms with Crippen molar-refractivity contribution in [3.05, 3.63) is 48.4 Å². The fourth-order valence-electron chi connectivity index (χ4n) is 2.11. The molecule has 20 heavy (non-hydrogen) atoms. The molecule has 0 atom stereocenters. The van der Waals surface area contributed by atoms with Crippen molar-refractivity contribution in [2.45, 2.75) is 6.54 Å². The number of hydrogen-bond donors (Lipinski definition) is 1. The van der Waals surface area contributed by atoms with Crippen molar-refractivity contribution >= 4 is 11.3 Å². The molecule has 0 amide bonds. The van der Waals surface area contributed by atoms with Crippen molar-refractivity contribution in [2.24, 2.45) is 7.05 Å². The highest BCUT2D eigenvalue weighted by molar-refractivity contribution is 7.18. The third-order valence-corrected chi connectivity index (χ3v) is 4.23. The Labute approximate surface area is 122 Å². The van der Waals surface area contributed by atoms with Gasteiger partial charge in [0.15, 0.2) is 0 Å².